The average molecular weight is 842 g/mol. The fourth-order valence-corrected chi connectivity index (χ4v) is 7.73. The maximum atomic E-state index is 13.2. The summed E-state index contributed by atoms with van der Waals surface area (Å²) < 4.78 is 5.93. The van der Waals surface area contributed by atoms with Gasteiger partial charge in [0, 0.05) is 6.42 Å². The third-order valence-corrected chi connectivity index (χ3v) is 11.6. The molecule has 0 bridgehead atoms. The summed E-state index contributed by atoms with van der Waals surface area (Å²) in [6, 6.07) is -0.704. The topological polar surface area (TPSA) is 95.9 Å². The van der Waals surface area contributed by atoms with E-state index in [4.69, 9.17) is 4.74 Å². The van der Waals surface area contributed by atoms with Gasteiger partial charge in [0.05, 0.1) is 25.2 Å². The molecule has 0 aromatic heterocycles. The van der Waals surface area contributed by atoms with E-state index in [1.165, 1.54) is 122 Å². The Bertz CT molecular complexity index is 1040. The summed E-state index contributed by atoms with van der Waals surface area (Å²) in [5.41, 5.74) is 0. The van der Waals surface area contributed by atoms with Gasteiger partial charge in [-0.3, -0.25) is 9.59 Å². The Morgan fingerprint density at radius 1 is 0.500 bits per heavy atom. The maximum Gasteiger partial charge on any atom is 0.306 e. The Morgan fingerprint density at radius 2 is 0.900 bits per heavy atom. The van der Waals surface area contributed by atoms with Gasteiger partial charge in [0.1, 0.15) is 6.10 Å². The van der Waals surface area contributed by atoms with E-state index >= 15 is 0 Å². The molecule has 0 aromatic rings. The first-order valence-corrected chi connectivity index (χ1v) is 25.9. The van der Waals surface area contributed by atoms with Gasteiger partial charge < -0.3 is 20.3 Å². The predicted molar refractivity (Wildman–Crippen MR) is 259 cm³/mol. The van der Waals surface area contributed by atoms with Crippen LogP contribution in [0, 0.1) is 0 Å². The molecule has 0 saturated heterocycles. The van der Waals surface area contributed by atoms with Crippen molar-refractivity contribution >= 4 is 11.9 Å². The summed E-state index contributed by atoms with van der Waals surface area (Å²) >= 11 is 0. The summed E-state index contributed by atoms with van der Waals surface area (Å²) in [5.74, 6) is -0.486. The van der Waals surface area contributed by atoms with Gasteiger partial charge in [0.2, 0.25) is 5.91 Å². The molecule has 1 amide bonds. The number of rotatable bonds is 46. The Hall–Kier alpha value is -2.18. The fourth-order valence-electron chi connectivity index (χ4n) is 7.73. The van der Waals surface area contributed by atoms with Gasteiger partial charge in [-0.1, -0.05) is 211 Å². The van der Waals surface area contributed by atoms with Gasteiger partial charge in [0.25, 0.3) is 0 Å². The largest absolute Gasteiger partial charge is 0.462 e. The first-order chi connectivity index (χ1) is 29.5. The van der Waals surface area contributed by atoms with Crippen LogP contribution in [0.4, 0.5) is 0 Å². The number of nitrogens with one attached hydrogen (secondary N) is 1. The number of aliphatic hydroxyl groups is 2. The van der Waals surface area contributed by atoms with Crippen LogP contribution in [-0.4, -0.2) is 46.9 Å². The van der Waals surface area contributed by atoms with Crippen molar-refractivity contribution in [2.75, 3.05) is 6.61 Å². The van der Waals surface area contributed by atoms with Crippen molar-refractivity contribution in [2.24, 2.45) is 0 Å². The molecule has 3 atom stereocenters. The number of hydrogen-bond acceptors (Lipinski definition) is 5. The van der Waals surface area contributed by atoms with Crippen LogP contribution in [0.2, 0.25) is 0 Å². The SMILES string of the molecule is CC/C=C/C/C=C/CCCCCCCCCC(=O)OC(CCCCCCCCC/C=C\C/C=C\CCCCC)CC(=O)NC(CO)C(O)CCCCCCCCCCCC. The van der Waals surface area contributed by atoms with E-state index in [1.54, 1.807) is 0 Å². The molecule has 0 spiro atoms. The van der Waals surface area contributed by atoms with Crippen molar-refractivity contribution in [1.29, 1.82) is 0 Å². The Labute approximate surface area is 372 Å². The zero-order chi connectivity index (χ0) is 43.8. The minimum Gasteiger partial charge on any atom is -0.462 e. The second-order valence-electron chi connectivity index (χ2n) is 17.5. The van der Waals surface area contributed by atoms with E-state index in [9.17, 15) is 19.8 Å². The van der Waals surface area contributed by atoms with Crippen LogP contribution in [0.25, 0.3) is 0 Å². The van der Waals surface area contributed by atoms with E-state index in [2.05, 4.69) is 74.7 Å². The number of unbranched alkanes of at least 4 members (excludes halogenated alkanes) is 26. The summed E-state index contributed by atoms with van der Waals surface area (Å²) in [5, 5.41) is 23.7. The van der Waals surface area contributed by atoms with Gasteiger partial charge >= 0.3 is 5.97 Å². The third kappa shape index (κ3) is 42.5. The molecule has 0 aliphatic heterocycles. The molecule has 60 heavy (non-hydrogen) atoms. The van der Waals surface area contributed by atoms with Gasteiger partial charge in [-0.25, -0.2) is 0 Å². The zero-order valence-electron chi connectivity index (χ0n) is 39.8. The van der Waals surface area contributed by atoms with Gasteiger partial charge in [0.15, 0.2) is 0 Å². The van der Waals surface area contributed by atoms with E-state index in [0.29, 0.717) is 19.3 Å². The highest BCUT2D eigenvalue weighted by atomic mass is 16.5. The quantitative estimate of drug-likeness (QED) is 0.0322. The molecule has 0 aliphatic carbocycles. The predicted octanol–water partition coefficient (Wildman–Crippen LogP) is 15.5. The molecule has 0 fully saturated rings. The molecular formula is C54H99NO5. The van der Waals surface area contributed by atoms with E-state index < -0.39 is 18.2 Å². The monoisotopic (exact) mass is 842 g/mol. The Balaban J connectivity index is 4.60. The fraction of sp³-hybridized carbons (Fsp3) is 0.815. The number of amides is 1. The molecule has 0 aromatic carbocycles. The van der Waals surface area contributed by atoms with Crippen molar-refractivity contribution in [3.63, 3.8) is 0 Å². The Morgan fingerprint density at radius 3 is 1.38 bits per heavy atom. The van der Waals surface area contributed by atoms with Crippen LogP contribution in [0.1, 0.15) is 258 Å². The minimum absolute atomic E-state index is 0.0695. The van der Waals surface area contributed by atoms with Crippen LogP contribution in [-0.2, 0) is 14.3 Å². The average Bonchev–Trinajstić information content (AvgIpc) is 3.24. The lowest BCUT2D eigenvalue weighted by Gasteiger charge is -2.24. The smallest absolute Gasteiger partial charge is 0.306 e. The lowest BCUT2D eigenvalue weighted by molar-refractivity contribution is -0.151. The van der Waals surface area contributed by atoms with Gasteiger partial charge in [-0.05, 0) is 83.5 Å². The molecule has 0 heterocycles. The molecule has 3 N–H and O–H groups in total. The molecule has 6 heteroatoms. The summed E-state index contributed by atoms with van der Waals surface area (Å²) in [6.45, 7) is 6.35. The highest BCUT2D eigenvalue weighted by molar-refractivity contribution is 5.77. The van der Waals surface area contributed by atoms with Crippen LogP contribution in [0.3, 0.4) is 0 Å². The number of carbonyl (C=O) groups excluding carboxylic acids is 2. The number of carbonyl (C=O) groups is 2. The molecule has 350 valence electrons. The van der Waals surface area contributed by atoms with Crippen molar-refractivity contribution in [1.82, 2.24) is 5.32 Å². The molecule has 6 nitrogen and oxygen atoms in total. The molecule has 0 aliphatic rings. The van der Waals surface area contributed by atoms with Crippen molar-refractivity contribution in [2.45, 2.75) is 277 Å². The summed E-state index contributed by atoms with van der Waals surface area (Å²) in [6.07, 6.45) is 57.4. The summed E-state index contributed by atoms with van der Waals surface area (Å²) in [4.78, 5) is 26.1. The van der Waals surface area contributed by atoms with Crippen LogP contribution >= 0.6 is 0 Å². The molecule has 0 rings (SSSR count). The lowest BCUT2D eigenvalue weighted by Crippen LogP contribution is -2.46. The molecule has 0 radical (unpaired) electrons. The van der Waals surface area contributed by atoms with E-state index in [1.807, 2.05) is 0 Å². The van der Waals surface area contributed by atoms with Gasteiger partial charge in [-0.15, -0.1) is 0 Å². The van der Waals surface area contributed by atoms with Crippen LogP contribution in [0.5, 0.6) is 0 Å². The molecule has 0 saturated carbocycles. The van der Waals surface area contributed by atoms with Crippen molar-refractivity contribution in [3.8, 4) is 0 Å². The highest BCUT2D eigenvalue weighted by Gasteiger charge is 2.24. The maximum absolute atomic E-state index is 13.2. The van der Waals surface area contributed by atoms with Crippen molar-refractivity contribution < 1.29 is 24.5 Å². The Kier molecular flexibility index (Phi) is 46.1. The molecule has 3 unspecified atom stereocenters. The third-order valence-electron chi connectivity index (χ3n) is 11.6. The first kappa shape index (κ1) is 57.8. The van der Waals surface area contributed by atoms with E-state index in [-0.39, 0.29) is 24.9 Å². The van der Waals surface area contributed by atoms with Crippen LogP contribution in [0.15, 0.2) is 48.6 Å². The highest BCUT2D eigenvalue weighted by Crippen LogP contribution is 2.18. The first-order valence-electron chi connectivity index (χ1n) is 25.9. The number of aliphatic hydroxyl groups excluding tert-OH is 2. The number of allylic oxidation sites excluding steroid dienone is 8. The lowest BCUT2D eigenvalue weighted by atomic mass is 10.0. The van der Waals surface area contributed by atoms with E-state index in [0.717, 1.165) is 89.9 Å². The van der Waals surface area contributed by atoms with Gasteiger partial charge in [-0.2, -0.15) is 0 Å². The second kappa shape index (κ2) is 47.9. The standard InChI is InChI=1S/C54H99NO5/c1-4-7-10-13-16-19-22-24-26-27-28-29-31-33-36-39-42-45-50(60-54(59)47-44-41-38-35-32-30-25-23-20-17-14-11-8-5-2)48-53(58)55-51(49-56)52(57)46-43-40-37-34-21-18-15-12-9-6-3/h8,11,16-17,19-20,24,26,50-52,56-57H,4-7,9-10,12-15,18,21-23,25,27-49H2,1-3H3,(H,55,58)/b11-8+,19-16-,20-17+,26-24-. The number of hydrogen-bond donors (Lipinski definition) is 3. The molecular weight excluding hydrogens is 743 g/mol. The normalized spacial score (nSPS) is 13.6. The summed E-state index contributed by atoms with van der Waals surface area (Å²) in [7, 11) is 0. The zero-order valence-corrected chi connectivity index (χ0v) is 39.8. The minimum atomic E-state index is -0.790. The number of esters is 1. The second-order valence-corrected chi connectivity index (χ2v) is 17.5. The number of ether oxygens (including phenoxy) is 1. The van der Waals surface area contributed by atoms with Crippen LogP contribution < -0.4 is 5.32 Å². The van der Waals surface area contributed by atoms with Crippen molar-refractivity contribution in [3.05, 3.63) is 48.6 Å².